The van der Waals surface area contributed by atoms with Gasteiger partial charge in [-0.05, 0) is 18.8 Å². The van der Waals surface area contributed by atoms with Crippen LogP contribution in [-0.2, 0) is 9.47 Å². The summed E-state index contributed by atoms with van der Waals surface area (Å²) in [5.74, 6) is 0.491. The Kier molecular flexibility index (Phi) is 19.4. The van der Waals surface area contributed by atoms with Crippen molar-refractivity contribution in [1.29, 1.82) is 0 Å². The highest BCUT2D eigenvalue weighted by atomic mass is 16.6. The zero-order valence-electron chi connectivity index (χ0n) is 16.6. The molecule has 0 aromatic heterocycles. The summed E-state index contributed by atoms with van der Waals surface area (Å²) in [6.45, 7) is 4.78. The minimum Gasteiger partial charge on any atom is -0.400 e. The molecule has 3 aliphatic heterocycles. The maximum Gasteiger partial charge on any atom is 0.114 e. The van der Waals surface area contributed by atoms with Gasteiger partial charge in [0, 0.05) is 27.4 Å². The van der Waals surface area contributed by atoms with Crippen LogP contribution < -0.4 is 0 Å². The Balaban J connectivity index is 0. The Labute approximate surface area is 157 Å². The van der Waals surface area contributed by atoms with Crippen molar-refractivity contribution >= 4 is 0 Å². The van der Waals surface area contributed by atoms with Crippen molar-refractivity contribution in [2.45, 2.75) is 76.5 Å². The number of hydrogen-bond donors (Lipinski definition) is 6. The fourth-order valence-electron chi connectivity index (χ4n) is 2.58. The third-order valence-electron chi connectivity index (χ3n) is 4.42. The van der Waals surface area contributed by atoms with E-state index in [1.54, 1.807) is 0 Å². The van der Waals surface area contributed by atoms with Crippen molar-refractivity contribution in [1.82, 2.24) is 0 Å². The van der Waals surface area contributed by atoms with Crippen LogP contribution in [-0.4, -0.2) is 95.2 Å². The Morgan fingerprint density at radius 1 is 0.962 bits per heavy atom. The van der Waals surface area contributed by atoms with Gasteiger partial charge in [0.1, 0.15) is 24.4 Å². The molecule has 0 spiro atoms. The van der Waals surface area contributed by atoms with E-state index in [1.165, 1.54) is 0 Å². The Hall–Kier alpha value is -0.320. The molecule has 6 N–H and O–H groups in total. The lowest BCUT2D eigenvalue weighted by Crippen LogP contribution is -2.59. The summed E-state index contributed by atoms with van der Waals surface area (Å²) in [5, 5.41) is 51.3. The standard InChI is InChI=1S/C11H20O5.C5H12O.2CH4O/c12-6-8-11-10(14)9(13)7(16-8)4-2-1-3-5-15-11;1-3-5(2)4-6;2*1-2/h7-14H,1-6H2;5-6H,3-4H2,1-2H3;2*2H,1H3/t7-,8?,9+,10?,11-;;;/m1.../s1. The van der Waals surface area contributed by atoms with Crippen molar-refractivity contribution in [3.8, 4) is 0 Å². The van der Waals surface area contributed by atoms with Crippen molar-refractivity contribution in [2.75, 3.05) is 34.0 Å². The van der Waals surface area contributed by atoms with E-state index in [9.17, 15) is 15.3 Å². The van der Waals surface area contributed by atoms with Crippen LogP contribution in [0.2, 0.25) is 0 Å². The molecule has 6 atom stereocenters. The summed E-state index contributed by atoms with van der Waals surface area (Å²) in [6.07, 6.45) is 1.34. The molecule has 3 fully saturated rings. The van der Waals surface area contributed by atoms with Gasteiger partial charge >= 0.3 is 0 Å². The predicted octanol–water partition coefficient (Wildman–Crippen LogP) is -0.331. The van der Waals surface area contributed by atoms with Crippen LogP contribution in [0.4, 0.5) is 0 Å². The molecule has 0 aromatic rings. The van der Waals surface area contributed by atoms with Gasteiger partial charge in [0.25, 0.3) is 0 Å². The lowest BCUT2D eigenvalue weighted by atomic mass is 9.91. The van der Waals surface area contributed by atoms with Gasteiger partial charge in [0.2, 0.25) is 0 Å². The Morgan fingerprint density at radius 3 is 2.04 bits per heavy atom. The first-order chi connectivity index (χ1) is 12.5. The molecule has 3 rings (SSSR count). The summed E-state index contributed by atoms with van der Waals surface area (Å²) in [6, 6.07) is 0. The van der Waals surface area contributed by atoms with Crippen LogP contribution in [0.3, 0.4) is 0 Å². The highest BCUT2D eigenvalue weighted by molar-refractivity contribution is 4.93. The number of aliphatic hydroxyl groups is 6. The van der Waals surface area contributed by atoms with Gasteiger partial charge in [0.15, 0.2) is 0 Å². The molecular formula is C18H40O8. The number of rotatable bonds is 3. The van der Waals surface area contributed by atoms with Crippen LogP contribution in [0.1, 0.15) is 46.0 Å². The van der Waals surface area contributed by atoms with Crippen LogP contribution in [0.5, 0.6) is 0 Å². The van der Waals surface area contributed by atoms with Crippen molar-refractivity contribution in [2.24, 2.45) is 5.92 Å². The lowest BCUT2D eigenvalue weighted by molar-refractivity contribution is -0.245. The largest absolute Gasteiger partial charge is 0.400 e. The Bertz CT molecular complexity index is 284. The topological polar surface area (TPSA) is 140 Å². The molecule has 3 unspecified atom stereocenters. The monoisotopic (exact) mass is 384 g/mol. The second kappa shape index (κ2) is 18.1. The summed E-state index contributed by atoms with van der Waals surface area (Å²) < 4.78 is 11.1. The van der Waals surface area contributed by atoms with Crippen LogP contribution >= 0.6 is 0 Å². The average molecular weight is 385 g/mol. The molecule has 3 saturated heterocycles. The molecule has 0 amide bonds. The molecule has 0 aliphatic carbocycles. The van der Waals surface area contributed by atoms with Crippen molar-refractivity contribution in [3.63, 3.8) is 0 Å². The number of hydrogen-bond acceptors (Lipinski definition) is 8. The summed E-state index contributed by atoms with van der Waals surface area (Å²) in [5.41, 5.74) is 0. The number of ether oxygens (including phenoxy) is 2. The number of aliphatic hydroxyl groups excluding tert-OH is 6. The first kappa shape index (κ1) is 27.9. The summed E-state index contributed by atoms with van der Waals surface area (Å²) in [4.78, 5) is 0. The van der Waals surface area contributed by atoms with E-state index < -0.39 is 24.4 Å². The van der Waals surface area contributed by atoms with E-state index in [4.69, 9.17) is 24.8 Å². The van der Waals surface area contributed by atoms with Crippen LogP contribution in [0.15, 0.2) is 0 Å². The third kappa shape index (κ3) is 10.1. The molecule has 0 aromatic carbocycles. The van der Waals surface area contributed by atoms with E-state index in [0.29, 0.717) is 19.1 Å². The average Bonchev–Trinajstić information content (AvgIpc) is 2.72. The fraction of sp³-hybridized carbons (Fsp3) is 1.00. The van der Waals surface area contributed by atoms with Gasteiger partial charge in [-0.3, -0.25) is 0 Å². The fourth-order valence-corrected chi connectivity index (χ4v) is 2.58. The molecule has 2 bridgehead atoms. The quantitative estimate of drug-likeness (QED) is 0.389. The normalized spacial score (nSPS) is 31.8. The summed E-state index contributed by atoms with van der Waals surface area (Å²) >= 11 is 0. The molecule has 26 heavy (non-hydrogen) atoms. The zero-order chi connectivity index (χ0) is 20.5. The van der Waals surface area contributed by atoms with Crippen LogP contribution in [0.25, 0.3) is 0 Å². The Morgan fingerprint density at radius 2 is 1.58 bits per heavy atom. The van der Waals surface area contributed by atoms with E-state index in [2.05, 4.69) is 6.92 Å². The second-order valence-electron chi connectivity index (χ2n) is 6.26. The molecule has 0 saturated carbocycles. The molecule has 8 nitrogen and oxygen atoms in total. The first-order valence-corrected chi connectivity index (χ1v) is 9.29. The van der Waals surface area contributed by atoms with Crippen molar-refractivity contribution in [3.05, 3.63) is 0 Å². The van der Waals surface area contributed by atoms with Gasteiger partial charge in [0.05, 0.1) is 12.7 Å². The second-order valence-corrected chi connectivity index (χ2v) is 6.26. The predicted molar refractivity (Wildman–Crippen MR) is 98.8 cm³/mol. The van der Waals surface area contributed by atoms with Gasteiger partial charge in [-0.15, -0.1) is 0 Å². The van der Waals surface area contributed by atoms with Crippen LogP contribution in [0, 0.1) is 5.92 Å². The smallest absolute Gasteiger partial charge is 0.114 e. The highest BCUT2D eigenvalue weighted by Crippen LogP contribution is 2.27. The lowest BCUT2D eigenvalue weighted by Gasteiger charge is -2.42. The molecule has 0 radical (unpaired) electrons. The van der Waals surface area contributed by atoms with E-state index in [0.717, 1.165) is 46.3 Å². The molecular weight excluding hydrogens is 344 g/mol. The maximum atomic E-state index is 9.93. The molecule has 3 heterocycles. The maximum absolute atomic E-state index is 9.93. The van der Waals surface area contributed by atoms with Gasteiger partial charge in [-0.1, -0.05) is 33.1 Å². The van der Waals surface area contributed by atoms with Gasteiger partial charge in [-0.25, -0.2) is 0 Å². The van der Waals surface area contributed by atoms with E-state index in [-0.39, 0.29) is 12.7 Å². The van der Waals surface area contributed by atoms with Gasteiger partial charge in [-0.2, -0.15) is 0 Å². The molecule has 3 aliphatic rings. The molecule has 8 heteroatoms. The summed E-state index contributed by atoms with van der Waals surface area (Å²) in [7, 11) is 2.00. The molecule has 160 valence electrons. The first-order valence-electron chi connectivity index (χ1n) is 9.29. The van der Waals surface area contributed by atoms with Gasteiger partial charge < -0.3 is 40.1 Å². The highest BCUT2D eigenvalue weighted by Gasteiger charge is 2.44. The minimum absolute atomic E-state index is 0.190. The zero-order valence-corrected chi connectivity index (χ0v) is 16.6. The minimum atomic E-state index is -0.964. The third-order valence-corrected chi connectivity index (χ3v) is 4.42. The number of fused-ring (bicyclic) bond motifs is 7. The SMILES string of the molecule is CCC(C)CO.CO.CO.OCC1O[C@@H]2CCCCCO[C@H]1C(O)[C@H]2O. The van der Waals surface area contributed by atoms with Crippen molar-refractivity contribution < 1.29 is 40.1 Å². The van der Waals surface area contributed by atoms with E-state index in [1.807, 2.05) is 6.92 Å². The van der Waals surface area contributed by atoms with E-state index >= 15 is 0 Å².